The van der Waals surface area contributed by atoms with Crippen molar-refractivity contribution in [3.05, 3.63) is 41.7 Å². The van der Waals surface area contributed by atoms with E-state index in [1.807, 2.05) is 25.1 Å². The van der Waals surface area contributed by atoms with E-state index in [9.17, 15) is 4.79 Å². The molecule has 1 heterocycles. The molecule has 3 N–H and O–H groups in total. The lowest BCUT2D eigenvalue weighted by atomic mass is 10.1. The summed E-state index contributed by atoms with van der Waals surface area (Å²) in [6.07, 6.45) is 3.47. The number of nitrogens with one attached hydrogen (secondary N) is 1. The van der Waals surface area contributed by atoms with E-state index in [0.29, 0.717) is 17.8 Å². The van der Waals surface area contributed by atoms with Crippen LogP contribution in [0.2, 0.25) is 0 Å². The number of nitrogen functional groups attached to an aromatic ring is 1. The fourth-order valence-corrected chi connectivity index (χ4v) is 2.02. The molecule has 2 aromatic rings. The van der Waals surface area contributed by atoms with Crippen molar-refractivity contribution in [2.45, 2.75) is 6.54 Å². The van der Waals surface area contributed by atoms with Gasteiger partial charge in [-0.05, 0) is 18.2 Å². The van der Waals surface area contributed by atoms with Crippen molar-refractivity contribution in [3.63, 3.8) is 0 Å². The van der Waals surface area contributed by atoms with E-state index in [1.165, 1.54) is 0 Å². The van der Waals surface area contributed by atoms with E-state index in [-0.39, 0.29) is 5.91 Å². The van der Waals surface area contributed by atoms with E-state index in [1.54, 1.807) is 36.5 Å². The van der Waals surface area contributed by atoms with Gasteiger partial charge in [-0.25, -0.2) is 0 Å². The molecule has 0 saturated heterocycles. The lowest BCUT2D eigenvalue weighted by molar-refractivity contribution is 0.0785. The van der Waals surface area contributed by atoms with Gasteiger partial charge < -0.3 is 15.5 Å². The van der Waals surface area contributed by atoms with Crippen molar-refractivity contribution in [2.24, 2.45) is 0 Å². The summed E-state index contributed by atoms with van der Waals surface area (Å²) in [6.45, 7) is 0.505. The average Bonchev–Trinajstić information content (AvgIpc) is 2.90. The molecule has 1 aromatic heterocycles. The molecule has 106 valence electrons. The third kappa shape index (κ3) is 2.90. The van der Waals surface area contributed by atoms with Crippen molar-refractivity contribution in [1.29, 1.82) is 0 Å². The number of hydrogen-bond donors (Lipinski definition) is 2. The quantitative estimate of drug-likeness (QED) is 0.824. The Bertz CT molecular complexity index is 592. The highest BCUT2D eigenvalue weighted by Gasteiger charge is 2.14. The Morgan fingerprint density at radius 1 is 1.35 bits per heavy atom. The van der Waals surface area contributed by atoms with Crippen LogP contribution in [0.5, 0.6) is 0 Å². The molecule has 0 bridgehead atoms. The van der Waals surface area contributed by atoms with E-state index >= 15 is 0 Å². The van der Waals surface area contributed by atoms with Crippen molar-refractivity contribution < 1.29 is 4.79 Å². The third-order valence-corrected chi connectivity index (χ3v) is 3.08. The maximum absolute atomic E-state index is 12.3. The fraction of sp³-hybridized carbons (Fsp3) is 0.286. The largest absolute Gasteiger partial charge is 0.397 e. The van der Waals surface area contributed by atoms with E-state index < -0.39 is 0 Å². The van der Waals surface area contributed by atoms with Gasteiger partial charge in [-0.3, -0.25) is 9.89 Å². The number of amides is 1. The summed E-state index contributed by atoms with van der Waals surface area (Å²) >= 11 is 0. The maximum Gasteiger partial charge on any atom is 0.253 e. The van der Waals surface area contributed by atoms with Gasteiger partial charge in [0.2, 0.25) is 0 Å². The highest BCUT2D eigenvalue weighted by Crippen LogP contribution is 2.23. The van der Waals surface area contributed by atoms with Crippen LogP contribution in [-0.2, 0) is 6.54 Å². The van der Waals surface area contributed by atoms with Crippen molar-refractivity contribution in [1.82, 2.24) is 15.1 Å². The molecule has 0 atom stereocenters. The first kappa shape index (κ1) is 13.9. The summed E-state index contributed by atoms with van der Waals surface area (Å²) < 4.78 is 0. The summed E-state index contributed by atoms with van der Waals surface area (Å²) in [5.74, 6) is -0.0665. The molecule has 0 aliphatic rings. The van der Waals surface area contributed by atoms with Crippen molar-refractivity contribution in [2.75, 3.05) is 31.8 Å². The zero-order chi connectivity index (χ0) is 14.7. The second kappa shape index (κ2) is 5.64. The van der Waals surface area contributed by atoms with Crippen LogP contribution in [0.3, 0.4) is 0 Å². The van der Waals surface area contributed by atoms with Gasteiger partial charge in [0.15, 0.2) is 0 Å². The summed E-state index contributed by atoms with van der Waals surface area (Å²) in [7, 11) is 5.59. The van der Waals surface area contributed by atoms with Gasteiger partial charge >= 0.3 is 0 Å². The maximum atomic E-state index is 12.3. The van der Waals surface area contributed by atoms with Crippen molar-refractivity contribution >= 4 is 17.3 Å². The molecular weight excluding hydrogens is 254 g/mol. The number of nitrogens with zero attached hydrogens (tertiary/aromatic N) is 3. The number of anilines is 2. The number of rotatable bonds is 4. The molecule has 6 nitrogen and oxygen atoms in total. The monoisotopic (exact) mass is 273 g/mol. The van der Waals surface area contributed by atoms with Gasteiger partial charge in [-0.15, -0.1) is 0 Å². The molecule has 0 saturated carbocycles. The zero-order valence-electron chi connectivity index (χ0n) is 11.9. The molecular formula is C14H19N5O. The van der Waals surface area contributed by atoms with E-state index in [4.69, 9.17) is 5.73 Å². The van der Waals surface area contributed by atoms with Gasteiger partial charge in [0, 0.05) is 45.0 Å². The second-order valence-corrected chi connectivity index (χ2v) is 4.94. The number of hydrogen-bond acceptors (Lipinski definition) is 4. The van der Waals surface area contributed by atoms with Gasteiger partial charge in [-0.2, -0.15) is 5.10 Å². The predicted molar refractivity (Wildman–Crippen MR) is 79.6 cm³/mol. The topological polar surface area (TPSA) is 78.2 Å². The minimum Gasteiger partial charge on any atom is -0.397 e. The molecule has 0 spiro atoms. The molecule has 0 aliphatic carbocycles. The normalized spacial score (nSPS) is 10.3. The highest BCUT2D eigenvalue weighted by atomic mass is 16.2. The number of benzene rings is 1. The lowest BCUT2D eigenvalue weighted by Gasteiger charge is -2.19. The summed E-state index contributed by atoms with van der Waals surface area (Å²) in [4.78, 5) is 15.9. The minimum atomic E-state index is -0.0665. The average molecular weight is 273 g/mol. The number of aromatic nitrogens is 2. The summed E-state index contributed by atoms with van der Waals surface area (Å²) in [5.41, 5.74) is 9.01. The first-order valence-electron chi connectivity index (χ1n) is 6.29. The number of carbonyl (C=O) groups is 1. The number of aromatic amines is 1. The third-order valence-electron chi connectivity index (χ3n) is 3.08. The Labute approximate surface area is 118 Å². The van der Waals surface area contributed by atoms with E-state index in [0.717, 1.165) is 11.3 Å². The lowest BCUT2D eigenvalue weighted by Crippen LogP contribution is -2.26. The number of H-pyrrole nitrogens is 1. The van der Waals surface area contributed by atoms with Gasteiger partial charge in [0.05, 0.1) is 17.6 Å². The molecule has 1 amide bonds. The standard InChI is InChI=1S/C14H19N5O/c1-18(2)13-5-4-11(6-12(13)15)14(20)19(3)9-10-7-16-17-8-10/h4-8H,9,15H2,1-3H3,(H,16,17). The van der Waals surface area contributed by atoms with Crippen LogP contribution < -0.4 is 10.6 Å². The van der Waals surface area contributed by atoms with Crippen LogP contribution in [-0.4, -0.2) is 42.1 Å². The van der Waals surface area contributed by atoms with Crippen LogP contribution in [0.25, 0.3) is 0 Å². The Balaban J connectivity index is 2.14. The molecule has 20 heavy (non-hydrogen) atoms. The van der Waals surface area contributed by atoms with Crippen LogP contribution in [0.4, 0.5) is 11.4 Å². The van der Waals surface area contributed by atoms with E-state index in [2.05, 4.69) is 10.2 Å². The molecule has 2 rings (SSSR count). The van der Waals surface area contributed by atoms with Gasteiger partial charge in [0.25, 0.3) is 5.91 Å². The fourth-order valence-electron chi connectivity index (χ4n) is 2.02. The molecule has 0 unspecified atom stereocenters. The smallest absolute Gasteiger partial charge is 0.253 e. The second-order valence-electron chi connectivity index (χ2n) is 4.94. The Morgan fingerprint density at radius 3 is 2.65 bits per heavy atom. The minimum absolute atomic E-state index is 0.0665. The summed E-state index contributed by atoms with van der Waals surface area (Å²) in [6, 6.07) is 5.36. The zero-order valence-corrected chi connectivity index (χ0v) is 11.9. The molecule has 1 aromatic carbocycles. The number of nitrogens with two attached hydrogens (primary N) is 1. The molecule has 0 radical (unpaired) electrons. The molecule has 0 aliphatic heterocycles. The van der Waals surface area contributed by atoms with Gasteiger partial charge in [0.1, 0.15) is 0 Å². The number of carbonyl (C=O) groups excluding carboxylic acids is 1. The SMILES string of the molecule is CN(Cc1cn[nH]c1)C(=O)c1ccc(N(C)C)c(N)c1. The Hall–Kier alpha value is -2.50. The molecule has 0 fully saturated rings. The van der Waals surface area contributed by atoms with Crippen LogP contribution in [0, 0.1) is 0 Å². The molecule has 6 heteroatoms. The highest BCUT2D eigenvalue weighted by molar-refractivity contribution is 5.96. The van der Waals surface area contributed by atoms with Crippen LogP contribution in [0.1, 0.15) is 15.9 Å². The van der Waals surface area contributed by atoms with Crippen molar-refractivity contribution in [3.8, 4) is 0 Å². The van der Waals surface area contributed by atoms with Crippen LogP contribution >= 0.6 is 0 Å². The first-order valence-corrected chi connectivity index (χ1v) is 6.29. The Morgan fingerprint density at radius 2 is 2.10 bits per heavy atom. The Kier molecular flexibility index (Phi) is 3.93. The van der Waals surface area contributed by atoms with Crippen LogP contribution in [0.15, 0.2) is 30.6 Å². The predicted octanol–water partition coefficient (Wildman–Crippen LogP) is 1.33. The first-order chi connectivity index (χ1) is 9.49. The van der Waals surface area contributed by atoms with Gasteiger partial charge in [-0.1, -0.05) is 0 Å². The summed E-state index contributed by atoms with van der Waals surface area (Å²) in [5, 5.41) is 6.59.